The minimum Gasteiger partial charge on any atom is -0.327 e. The molecular weight excluding hydrogens is 204 g/mol. The van der Waals surface area contributed by atoms with Crippen molar-refractivity contribution < 1.29 is 0 Å². The maximum absolute atomic E-state index is 6.15. The second kappa shape index (κ2) is 5.07. The molecule has 0 radical (unpaired) electrons. The molecule has 0 spiro atoms. The third kappa shape index (κ3) is 2.69. The lowest BCUT2D eigenvalue weighted by molar-refractivity contribution is 0.115. The van der Waals surface area contributed by atoms with Crippen molar-refractivity contribution in [2.45, 2.75) is 50.4 Å². The summed E-state index contributed by atoms with van der Waals surface area (Å²) in [6.07, 6.45) is 3.83. The van der Waals surface area contributed by atoms with E-state index >= 15 is 0 Å². The fourth-order valence-electron chi connectivity index (χ4n) is 2.89. The van der Waals surface area contributed by atoms with Gasteiger partial charge in [0.2, 0.25) is 0 Å². The molecule has 2 aliphatic rings. The summed E-state index contributed by atoms with van der Waals surface area (Å²) in [5.74, 6) is 2.08. The predicted octanol–water partition coefficient (Wildman–Crippen LogP) is 1.94. The monoisotopic (exact) mass is 228 g/mol. The van der Waals surface area contributed by atoms with E-state index in [1.165, 1.54) is 38.1 Å². The Labute approximate surface area is 98.0 Å². The molecule has 0 amide bonds. The molecule has 0 aromatic carbocycles. The summed E-state index contributed by atoms with van der Waals surface area (Å²) in [6, 6.07) is 1.30. The molecule has 2 saturated heterocycles. The van der Waals surface area contributed by atoms with Crippen LogP contribution >= 0.6 is 11.8 Å². The van der Waals surface area contributed by atoms with Crippen LogP contribution in [0.15, 0.2) is 0 Å². The van der Waals surface area contributed by atoms with Crippen LogP contribution in [0.2, 0.25) is 0 Å². The predicted molar refractivity (Wildman–Crippen MR) is 68.3 cm³/mol. The molecule has 4 atom stereocenters. The van der Waals surface area contributed by atoms with Crippen LogP contribution in [-0.2, 0) is 0 Å². The molecule has 2 aliphatic heterocycles. The number of hydrogen-bond acceptors (Lipinski definition) is 3. The van der Waals surface area contributed by atoms with Crippen LogP contribution in [0, 0.1) is 5.92 Å². The topological polar surface area (TPSA) is 29.3 Å². The van der Waals surface area contributed by atoms with Gasteiger partial charge in [-0.1, -0.05) is 20.3 Å². The molecule has 2 N–H and O–H groups in total. The maximum atomic E-state index is 6.15. The zero-order valence-corrected chi connectivity index (χ0v) is 10.8. The van der Waals surface area contributed by atoms with Crippen LogP contribution in [0.1, 0.15) is 33.1 Å². The number of rotatable bonds is 2. The third-order valence-electron chi connectivity index (χ3n) is 4.04. The zero-order chi connectivity index (χ0) is 10.8. The lowest BCUT2D eigenvalue weighted by Gasteiger charge is -2.39. The molecule has 2 heterocycles. The van der Waals surface area contributed by atoms with E-state index in [2.05, 4.69) is 30.5 Å². The van der Waals surface area contributed by atoms with Crippen LogP contribution in [0.25, 0.3) is 0 Å². The molecule has 3 heteroatoms. The molecule has 0 bridgehead atoms. The minimum absolute atomic E-state index is 0.456. The van der Waals surface area contributed by atoms with Gasteiger partial charge in [0.25, 0.3) is 0 Å². The summed E-state index contributed by atoms with van der Waals surface area (Å²) >= 11 is 2.14. The van der Waals surface area contributed by atoms with E-state index in [0.717, 1.165) is 17.2 Å². The molecule has 2 fully saturated rings. The highest BCUT2D eigenvalue weighted by atomic mass is 32.2. The first-order valence-electron chi connectivity index (χ1n) is 6.32. The summed E-state index contributed by atoms with van der Waals surface area (Å²) in [5, 5.41) is 0.866. The highest BCUT2D eigenvalue weighted by molar-refractivity contribution is 8.00. The zero-order valence-electron chi connectivity index (χ0n) is 9.98. The fraction of sp³-hybridized carbons (Fsp3) is 1.00. The van der Waals surface area contributed by atoms with Gasteiger partial charge in [-0.2, -0.15) is 11.8 Å². The van der Waals surface area contributed by atoms with Gasteiger partial charge in [-0.3, -0.25) is 4.90 Å². The largest absolute Gasteiger partial charge is 0.327 e. The van der Waals surface area contributed by atoms with Crippen LogP contribution < -0.4 is 5.73 Å². The van der Waals surface area contributed by atoms with Gasteiger partial charge in [-0.25, -0.2) is 0 Å². The smallest absolute Gasteiger partial charge is 0.0197 e. The summed E-state index contributed by atoms with van der Waals surface area (Å²) in [6.45, 7) is 7.11. The van der Waals surface area contributed by atoms with Crippen molar-refractivity contribution in [1.29, 1.82) is 0 Å². The van der Waals surface area contributed by atoms with Crippen molar-refractivity contribution >= 4 is 11.8 Å². The molecule has 0 aliphatic carbocycles. The van der Waals surface area contributed by atoms with Gasteiger partial charge in [-0.05, 0) is 25.3 Å². The molecule has 2 nitrogen and oxygen atoms in total. The number of likely N-dealkylation sites (tertiary alicyclic amines) is 1. The Hall–Kier alpha value is 0.270. The third-order valence-corrected chi connectivity index (χ3v) is 5.38. The van der Waals surface area contributed by atoms with Crippen molar-refractivity contribution in [2.75, 3.05) is 18.8 Å². The van der Waals surface area contributed by atoms with Crippen LogP contribution in [0.4, 0.5) is 0 Å². The van der Waals surface area contributed by atoms with Crippen molar-refractivity contribution in [1.82, 2.24) is 4.90 Å². The van der Waals surface area contributed by atoms with Crippen molar-refractivity contribution in [3.63, 3.8) is 0 Å². The maximum Gasteiger partial charge on any atom is 0.0197 e. The molecule has 15 heavy (non-hydrogen) atoms. The fourth-order valence-corrected chi connectivity index (χ4v) is 4.15. The van der Waals surface area contributed by atoms with E-state index in [-0.39, 0.29) is 0 Å². The van der Waals surface area contributed by atoms with Gasteiger partial charge >= 0.3 is 0 Å². The Morgan fingerprint density at radius 1 is 1.47 bits per heavy atom. The summed E-state index contributed by atoms with van der Waals surface area (Å²) in [5.41, 5.74) is 6.15. The van der Waals surface area contributed by atoms with E-state index in [0.29, 0.717) is 6.04 Å². The van der Waals surface area contributed by atoms with Crippen LogP contribution in [0.5, 0.6) is 0 Å². The number of thioether (sulfide) groups is 1. The normalized spacial score (nSPS) is 43.4. The Morgan fingerprint density at radius 3 is 2.87 bits per heavy atom. The lowest BCUT2D eigenvalue weighted by Crippen LogP contribution is -2.50. The molecule has 2 rings (SSSR count). The first kappa shape index (κ1) is 11.7. The Balaban J connectivity index is 1.88. The first-order valence-corrected chi connectivity index (χ1v) is 7.36. The van der Waals surface area contributed by atoms with E-state index in [1.54, 1.807) is 0 Å². The number of nitrogens with zero attached hydrogens (tertiary/aromatic N) is 1. The average Bonchev–Trinajstić information content (AvgIpc) is 2.66. The number of hydrogen-bond donors (Lipinski definition) is 1. The molecule has 0 aromatic rings. The van der Waals surface area contributed by atoms with Crippen molar-refractivity contribution in [3.8, 4) is 0 Å². The Bertz CT molecular complexity index is 210. The van der Waals surface area contributed by atoms with E-state index in [1.807, 2.05) is 0 Å². The summed E-state index contributed by atoms with van der Waals surface area (Å²) in [4.78, 5) is 2.70. The minimum atomic E-state index is 0.456. The highest BCUT2D eigenvalue weighted by Gasteiger charge is 2.32. The van der Waals surface area contributed by atoms with Gasteiger partial charge in [0.1, 0.15) is 0 Å². The van der Waals surface area contributed by atoms with Crippen molar-refractivity contribution in [3.05, 3.63) is 0 Å². The quantitative estimate of drug-likeness (QED) is 0.783. The van der Waals surface area contributed by atoms with Crippen molar-refractivity contribution in [2.24, 2.45) is 11.7 Å². The molecule has 0 aromatic heterocycles. The molecular formula is C12H24N2S. The average molecular weight is 228 g/mol. The van der Waals surface area contributed by atoms with Crippen LogP contribution in [0.3, 0.4) is 0 Å². The van der Waals surface area contributed by atoms with E-state index in [4.69, 9.17) is 5.73 Å². The second-order valence-electron chi connectivity index (χ2n) is 5.15. The van der Waals surface area contributed by atoms with Gasteiger partial charge < -0.3 is 5.73 Å². The molecule has 4 unspecified atom stereocenters. The van der Waals surface area contributed by atoms with Gasteiger partial charge in [0.05, 0.1) is 0 Å². The van der Waals surface area contributed by atoms with Gasteiger partial charge in [-0.15, -0.1) is 0 Å². The Kier molecular flexibility index (Phi) is 3.97. The second-order valence-corrected chi connectivity index (χ2v) is 6.62. The summed E-state index contributed by atoms with van der Waals surface area (Å²) in [7, 11) is 0. The van der Waals surface area contributed by atoms with Gasteiger partial charge in [0.15, 0.2) is 0 Å². The molecule has 88 valence electrons. The van der Waals surface area contributed by atoms with Crippen LogP contribution in [-0.4, -0.2) is 41.1 Å². The molecule has 0 saturated carbocycles. The number of nitrogens with two attached hydrogens (primary N) is 1. The lowest BCUT2D eigenvalue weighted by atomic mass is 9.89. The SMILES string of the molecule is CCC1CN(C2CSC(C)C2)CCC1N. The van der Waals surface area contributed by atoms with Gasteiger partial charge in [0, 0.05) is 29.6 Å². The number of piperidine rings is 1. The Morgan fingerprint density at radius 2 is 2.27 bits per heavy atom. The highest BCUT2D eigenvalue weighted by Crippen LogP contribution is 2.32. The standard InChI is InChI=1S/C12H24N2S/c1-3-10-7-14(5-4-12(10)13)11-6-9(2)15-8-11/h9-12H,3-8,13H2,1-2H3. The first-order chi connectivity index (χ1) is 7.20. The van der Waals surface area contributed by atoms with E-state index < -0.39 is 0 Å². The van der Waals surface area contributed by atoms with E-state index in [9.17, 15) is 0 Å². The summed E-state index contributed by atoms with van der Waals surface area (Å²) < 4.78 is 0.